The first-order valence-electron chi connectivity index (χ1n) is 10.2. The van der Waals surface area contributed by atoms with E-state index >= 15 is 0 Å². The second kappa shape index (κ2) is 9.69. The topological polar surface area (TPSA) is 61.4 Å². The molecule has 2 N–H and O–H groups in total. The molecule has 30 heavy (non-hydrogen) atoms. The molecule has 1 fully saturated rings. The molecule has 2 atom stereocenters. The Kier molecular flexibility index (Phi) is 7.03. The maximum atomic E-state index is 13.8. The average molecular weight is 415 g/mol. The van der Waals surface area contributed by atoms with Crippen molar-refractivity contribution in [3.05, 3.63) is 70.8 Å². The summed E-state index contributed by atoms with van der Waals surface area (Å²) in [6.07, 6.45) is 0.532. The molecule has 5 nitrogen and oxygen atoms in total. The number of urea groups is 1. The van der Waals surface area contributed by atoms with Crippen molar-refractivity contribution in [1.82, 2.24) is 15.5 Å². The third-order valence-corrected chi connectivity index (χ3v) is 5.50. The number of benzene rings is 2. The minimum absolute atomic E-state index is 0.0868. The van der Waals surface area contributed by atoms with Crippen LogP contribution < -0.4 is 10.6 Å². The molecule has 0 spiro atoms. The van der Waals surface area contributed by atoms with E-state index in [2.05, 4.69) is 10.6 Å². The van der Waals surface area contributed by atoms with Gasteiger partial charge in [0.2, 0.25) is 5.91 Å². The van der Waals surface area contributed by atoms with Gasteiger partial charge in [0.1, 0.15) is 11.6 Å². The van der Waals surface area contributed by atoms with Crippen LogP contribution in [0.4, 0.5) is 13.6 Å². The summed E-state index contributed by atoms with van der Waals surface area (Å²) in [6.45, 7) is 4.84. The largest absolute Gasteiger partial charge is 0.352 e. The van der Waals surface area contributed by atoms with Crippen LogP contribution >= 0.6 is 0 Å². The molecule has 1 saturated heterocycles. The van der Waals surface area contributed by atoms with Gasteiger partial charge in [0.25, 0.3) is 0 Å². The van der Waals surface area contributed by atoms with E-state index < -0.39 is 5.92 Å². The number of rotatable bonds is 5. The van der Waals surface area contributed by atoms with Gasteiger partial charge in [-0.25, -0.2) is 13.6 Å². The van der Waals surface area contributed by atoms with Crippen LogP contribution in [-0.4, -0.2) is 36.5 Å². The standard InChI is InChI=1S/C23H27F2N3O2/c1-3-26-23(30)28-13-18(16-8-9-20(24)15(2)10-16)11-19(14-28)22(29)27-12-17-6-4-5-7-21(17)25/h4-10,18-19H,3,11-14H2,1-2H3,(H,26,30)(H,27,29). The van der Waals surface area contributed by atoms with Gasteiger partial charge in [-0.3, -0.25) is 4.79 Å². The number of hydrogen-bond donors (Lipinski definition) is 2. The van der Waals surface area contributed by atoms with Gasteiger partial charge < -0.3 is 15.5 Å². The molecule has 0 saturated carbocycles. The molecular formula is C23H27F2N3O2. The maximum Gasteiger partial charge on any atom is 0.317 e. The number of halogens is 2. The zero-order chi connectivity index (χ0) is 21.7. The van der Waals surface area contributed by atoms with Gasteiger partial charge in [-0.2, -0.15) is 0 Å². The molecule has 1 aliphatic rings. The van der Waals surface area contributed by atoms with E-state index in [9.17, 15) is 18.4 Å². The van der Waals surface area contributed by atoms with Gasteiger partial charge in [0.05, 0.1) is 5.92 Å². The number of aryl methyl sites for hydroxylation is 1. The van der Waals surface area contributed by atoms with Crippen molar-refractivity contribution in [1.29, 1.82) is 0 Å². The highest BCUT2D eigenvalue weighted by Crippen LogP contribution is 2.31. The van der Waals surface area contributed by atoms with Gasteiger partial charge in [-0.05, 0) is 43.5 Å². The van der Waals surface area contributed by atoms with Crippen LogP contribution in [0.1, 0.15) is 36.0 Å². The third-order valence-electron chi connectivity index (χ3n) is 5.50. The average Bonchev–Trinajstić information content (AvgIpc) is 2.74. The molecule has 7 heteroatoms. The van der Waals surface area contributed by atoms with E-state index in [1.165, 1.54) is 12.1 Å². The monoisotopic (exact) mass is 415 g/mol. The molecule has 2 aromatic rings. The molecule has 3 rings (SSSR count). The summed E-state index contributed by atoms with van der Waals surface area (Å²) in [5.41, 5.74) is 1.84. The number of piperidine rings is 1. The van der Waals surface area contributed by atoms with Crippen LogP contribution in [0, 0.1) is 24.5 Å². The molecule has 2 aromatic carbocycles. The fourth-order valence-corrected chi connectivity index (χ4v) is 3.85. The van der Waals surface area contributed by atoms with Gasteiger partial charge in [-0.1, -0.05) is 30.3 Å². The minimum atomic E-state index is -0.441. The Morgan fingerprint density at radius 1 is 1.07 bits per heavy atom. The molecule has 1 heterocycles. The van der Waals surface area contributed by atoms with Gasteiger partial charge >= 0.3 is 6.03 Å². The van der Waals surface area contributed by atoms with Crippen molar-refractivity contribution in [3.63, 3.8) is 0 Å². The number of carbonyl (C=O) groups is 2. The van der Waals surface area contributed by atoms with Crippen molar-refractivity contribution in [2.75, 3.05) is 19.6 Å². The van der Waals surface area contributed by atoms with Crippen LogP contribution in [0.5, 0.6) is 0 Å². The summed E-state index contributed by atoms with van der Waals surface area (Å²) in [7, 11) is 0. The summed E-state index contributed by atoms with van der Waals surface area (Å²) in [5.74, 6) is -1.41. The zero-order valence-electron chi connectivity index (χ0n) is 17.3. The van der Waals surface area contributed by atoms with Gasteiger partial charge in [0.15, 0.2) is 0 Å². The summed E-state index contributed by atoms with van der Waals surface area (Å²) in [5, 5.41) is 5.57. The lowest BCUT2D eigenvalue weighted by molar-refractivity contribution is -0.126. The van der Waals surface area contributed by atoms with Crippen LogP contribution in [0.25, 0.3) is 0 Å². The summed E-state index contributed by atoms with van der Waals surface area (Å²) >= 11 is 0. The highest BCUT2D eigenvalue weighted by molar-refractivity contribution is 5.81. The molecule has 0 bridgehead atoms. The Morgan fingerprint density at radius 2 is 1.83 bits per heavy atom. The first-order valence-corrected chi connectivity index (χ1v) is 10.2. The lowest BCUT2D eigenvalue weighted by Crippen LogP contribution is -2.51. The summed E-state index contributed by atoms with van der Waals surface area (Å²) in [4.78, 5) is 26.9. The number of nitrogens with one attached hydrogen (secondary N) is 2. The van der Waals surface area contributed by atoms with Crippen molar-refractivity contribution in [2.45, 2.75) is 32.7 Å². The van der Waals surface area contributed by atoms with E-state index in [0.29, 0.717) is 30.6 Å². The van der Waals surface area contributed by atoms with Gasteiger partial charge in [0, 0.05) is 37.7 Å². The second-order valence-electron chi connectivity index (χ2n) is 7.69. The van der Waals surface area contributed by atoms with Crippen molar-refractivity contribution >= 4 is 11.9 Å². The van der Waals surface area contributed by atoms with Crippen LogP contribution in [0.15, 0.2) is 42.5 Å². The number of amides is 3. The Labute approximate surface area is 175 Å². The lowest BCUT2D eigenvalue weighted by atomic mass is 9.83. The van der Waals surface area contributed by atoms with Crippen LogP contribution in [0.2, 0.25) is 0 Å². The van der Waals surface area contributed by atoms with Crippen molar-refractivity contribution < 1.29 is 18.4 Å². The Bertz CT molecular complexity index is 919. The Morgan fingerprint density at radius 3 is 2.53 bits per heavy atom. The smallest absolute Gasteiger partial charge is 0.317 e. The maximum absolute atomic E-state index is 13.8. The normalized spacial score (nSPS) is 18.7. The molecule has 0 aliphatic carbocycles. The van der Waals surface area contributed by atoms with Crippen LogP contribution in [-0.2, 0) is 11.3 Å². The number of carbonyl (C=O) groups excluding carboxylic acids is 2. The van der Waals surface area contributed by atoms with E-state index in [1.807, 2.05) is 6.92 Å². The van der Waals surface area contributed by atoms with E-state index in [0.717, 1.165) is 5.56 Å². The van der Waals surface area contributed by atoms with E-state index in [1.54, 1.807) is 42.2 Å². The SMILES string of the molecule is CCNC(=O)N1CC(C(=O)NCc2ccccc2F)CC(c2ccc(F)c(C)c2)C1. The fourth-order valence-electron chi connectivity index (χ4n) is 3.85. The minimum Gasteiger partial charge on any atom is -0.352 e. The van der Waals surface area contributed by atoms with Crippen molar-refractivity contribution in [2.24, 2.45) is 5.92 Å². The lowest BCUT2D eigenvalue weighted by Gasteiger charge is -2.37. The third kappa shape index (κ3) is 5.14. The molecule has 1 aliphatic heterocycles. The summed E-state index contributed by atoms with van der Waals surface area (Å²) in [6, 6.07) is 11.0. The number of nitrogens with zero attached hydrogens (tertiary/aromatic N) is 1. The molecule has 0 aromatic heterocycles. The number of likely N-dealkylation sites (tertiary alicyclic amines) is 1. The van der Waals surface area contributed by atoms with Crippen LogP contribution in [0.3, 0.4) is 0 Å². The number of hydrogen-bond acceptors (Lipinski definition) is 2. The Balaban J connectivity index is 1.76. The van der Waals surface area contributed by atoms with E-state index in [-0.39, 0.29) is 42.6 Å². The molecular weight excluding hydrogens is 388 g/mol. The predicted octanol–water partition coefficient (Wildman–Crippen LogP) is 3.72. The molecule has 160 valence electrons. The molecule has 3 amide bonds. The zero-order valence-corrected chi connectivity index (χ0v) is 17.3. The molecule has 0 radical (unpaired) electrons. The van der Waals surface area contributed by atoms with E-state index in [4.69, 9.17) is 0 Å². The highest BCUT2D eigenvalue weighted by Gasteiger charge is 2.34. The van der Waals surface area contributed by atoms with Gasteiger partial charge in [-0.15, -0.1) is 0 Å². The second-order valence-corrected chi connectivity index (χ2v) is 7.69. The van der Waals surface area contributed by atoms with Crippen molar-refractivity contribution in [3.8, 4) is 0 Å². The first kappa shape index (κ1) is 21.7. The quantitative estimate of drug-likeness (QED) is 0.782. The highest BCUT2D eigenvalue weighted by atomic mass is 19.1. The fraction of sp³-hybridized carbons (Fsp3) is 0.391. The Hall–Kier alpha value is -2.96. The predicted molar refractivity (Wildman–Crippen MR) is 111 cm³/mol. The molecule has 2 unspecified atom stereocenters. The first-order chi connectivity index (χ1) is 14.4. The summed E-state index contributed by atoms with van der Waals surface area (Å²) < 4.78 is 27.5.